The fraction of sp³-hybridized carbons (Fsp3) is 0.320. The third-order valence-electron chi connectivity index (χ3n) is 6.11. The van der Waals surface area contributed by atoms with Crippen molar-refractivity contribution in [3.8, 4) is 5.75 Å². The fourth-order valence-electron chi connectivity index (χ4n) is 4.24. The Hall–Kier alpha value is -2.90. The Morgan fingerprint density at radius 1 is 1.00 bits per heavy atom. The molecule has 1 fully saturated rings. The molecular weight excluding hydrogens is 424 g/mol. The van der Waals surface area contributed by atoms with Gasteiger partial charge in [-0.3, -0.25) is 4.79 Å². The van der Waals surface area contributed by atoms with Gasteiger partial charge >= 0.3 is 0 Å². The lowest BCUT2D eigenvalue weighted by Crippen LogP contribution is -2.43. The number of carbonyl (C=O) groups is 1. The molecule has 32 heavy (non-hydrogen) atoms. The van der Waals surface area contributed by atoms with Gasteiger partial charge in [-0.15, -0.1) is 0 Å². The van der Waals surface area contributed by atoms with Crippen LogP contribution in [-0.4, -0.2) is 50.8 Å². The van der Waals surface area contributed by atoms with E-state index in [4.69, 9.17) is 4.74 Å². The third-order valence-corrected chi connectivity index (χ3v) is 8.02. The number of hydrogen-bond donors (Lipinski definition) is 0. The second-order valence-corrected chi connectivity index (χ2v) is 10.2. The van der Waals surface area contributed by atoms with Crippen LogP contribution in [0.15, 0.2) is 71.6 Å². The smallest absolute Gasteiger partial charge is 0.243 e. The van der Waals surface area contributed by atoms with Gasteiger partial charge in [0.25, 0.3) is 0 Å². The summed E-state index contributed by atoms with van der Waals surface area (Å²) in [5, 5.41) is 2.33. The molecule has 0 radical (unpaired) electrons. The molecule has 1 aliphatic rings. The number of nitrogens with zero attached hydrogens (tertiary/aromatic N) is 2. The molecule has 1 aliphatic heterocycles. The van der Waals surface area contributed by atoms with Gasteiger partial charge in [0.15, 0.2) is 0 Å². The molecule has 1 saturated heterocycles. The van der Waals surface area contributed by atoms with Crippen LogP contribution in [0.1, 0.15) is 18.4 Å². The largest absolute Gasteiger partial charge is 0.497 e. The van der Waals surface area contributed by atoms with Gasteiger partial charge in [-0.1, -0.05) is 36.4 Å². The van der Waals surface area contributed by atoms with Crippen LogP contribution in [0.4, 0.5) is 0 Å². The molecule has 7 heteroatoms. The molecule has 0 saturated carbocycles. The highest BCUT2D eigenvalue weighted by Crippen LogP contribution is 2.26. The number of hydrogen-bond acceptors (Lipinski definition) is 4. The van der Waals surface area contributed by atoms with E-state index < -0.39 is 10.0 Å². The van der Waals surface area contributed by atoms with Gasteiger partial charge in [0.2, 0.25) is 15.9 Å². The first-order chi connectivity index (χ1) is 15.4. The minimum Gasteiger partial charge on any atom is -0.497 e. The maximum atomic E-state index is 13.0. The molecule has 3 aromatic carbocycles. The third kappa shape index (κ3) is 4.64. The van der Waals surface area contributed by atoms with E-state index in [9.17, 15) is 13.2 Å². The van der Waals surface area contributed by atoms with Crippen molar-refractivity contribution in [2.75, 3.05) is 27.2 Å². The topological polar surface area (TPSA) is 66.9 Å². The second-order valence-electron chi connectivity index (χ2n) is 8.23. The Morgan fingerprint density at radius 3 is 2.31 bits per heavy atom. The predicted molar refractivity (Wildman–Crippen MR) is 125 cm³/mol. The minimum atomic E-state index is -3.57. The number of sulfonamides is 1. The van der Waals surface area contributed by atoms with E-state index in [1.54, 1.807) is 36.3 Å². The first-order valence-corrected chi connectivity index (χ1v) is 12.2. The van der Waals surface area contributed by atoms with E-state index in [-0.39, 0.29) is 16.7 Å². The van der Waals surface area contributed by atoms with Crippen molar-refractivity contribution in [3.05, 3.63) is 72.3 Å². The van der Waals surface area contributed by atoms with E-state index in [2.05, 4.69) is 30.3 Å². The number of benzene rings is 3. The molecule has 1 heterocycles. The zero-order valence-corrected chi connectivity index (χ0v) is 19.2. The second kappa shape index (κ2) is 9.30. The number of carbonyl (C=O) groups excluding carboxylic acids is 1. The van der Waals surface area contributed by atoms with Gasteiger partial charge in [-0.2, -0.15) is 4.31 Å². The van der Waals surface area contributed by atoms with Crippen LogP contribution in [0.3, 0.4) is 0 Å². The van der Waals surface area contributed by atoms with Crippen LogP contribution in [0, 0.1) is 5.92 Å². The lowest BCUT2D eigenvalue weighted by molar-refractivity contribution is -0.135. The highest BCUT2D eigenvalue weighted by molar-refractivity contribution is 7.89. The zero-order valence-electron chi connectivity index (χ0n) is 18.4. The molecule has 0 bridgehead atoms. The summed E-state index contributed by atoms with van der Waals surface area (Å²) in [4.78, 5) is 15.0. The highest BCUT2D eigenvalue weighted by Gasteiger charge is 2.33. The molecule has 168 valence electrons. The summed E-state index contributed by atoms with van der Waals surface area (Å²) in [7, 11) is -0.211. The Morgan fingerprint density at radius 2 is 1.66 bits per heavy atom. The van der Waals surface area contributed by atoms with Crippen molar-refractivity contribution in [1.29, 1.82) is 0 Å². The van der Waals surface area contributed by atoms with Crippen molar-refractivity contribution < 1.29 is 17.9 Å². The van der Waals surface area contributed by atoms with Crippen LogP contribution in [0.2, 0.25) is 0 Å². The predicted octanol–water partition coefficient (Wildman–Crippen LogP) is 3.91. The highest BCUT2D eigenvalue weighted by atomic mass is 32.2. The van der Waals surface area contributed by atoms with Gasteiger partial charge in [0, 0.05) is 32.6 Å². The molecule has 1 amide bonds. The molecule has 4 rings (SSSR count). The number of piperidine rings is 1. The zero-order chi connectivity index (χ0) is 22.7. The number of rotatable bonds is 6. The Kier molecular flexibility index (Phi) is 6.48. The quantitative estimate of drug-likeness (QED) is 0.569. The Balaban J connectivity index is 1.36. The maximum absolute atomic E-state index is 13.0. The average molecular weight is 453 g/mol. The van der Waals surface area contributed by atoms with Crippen LogP contribution in [0.25, 0.3) is 10.8 Å². The van der Waals surface area contributed by atoms with Crippen molar-refractivity contribution in [3.63, 3.8) is 0 Å². The van der Waals surface area contributed by atoms with E-state index in [0.29, 0.717) is 38.2 Å². The molecule has 3 aromatic rings. The summed E-state index contributed by atoms with van der Waals surface area (Å²) < 4.78 is 32.4. The van der Waals surface area contributed by atoms with Crippen LogP contribution in [0.5, 0.6) is 5.75 Å². The van der Waals surface area contributed by atoms with Crippen LogP contribution >= 0.6 is 0 Å². The maximum Gasteiger partial charge on any atom is 0.243 e. The van der Waals surface area contributed by atoms with Crippen LogP contribution in [-0.2, 0) is 21.4 Å². The van der Waals surface area contributed by atoms with Gasteiger partial charge in [-0.25, -0.2) is 8.42 Å². The van der Waals surface area contributed by atoms with E-state index >= 15 is 0 Å². The molecule has 0 spiro atoms. The molecule has 0 N–H and O–H groups in total. The molecule has 0 aliphatic carbocycles. The Bertz CT molecular complexity index is 1200. The van der Waals surface area contributed by atoms with Gasteiger partial charge in [0.05, 0.1) is 12.0 Å². The molecule has 0 atom stereocenters. The number of methoxy groups -OCH3 is 1. The number of fused-ring (bicyclic) bond motifs is 1. The van der Waals surface area contributed by atoms with Crippen LogP contribution < -0.4 is 4.74 Å². The van der Waals surface area contributed by atoms with Gasteiger partial charge < -0.3 is 9.64 Å². The minimum absolute atomic E-state index is 0.0691. The number of amides is 1. The normalized spacial score (nSPS) is 15.6. The summed E-state index contributed by atoms with van der Waals surface area (Å²) in [5.74, 6) is 0.519. The van der Waals surface area contributed by atoms with Crippen molar-refractivity contribution in [2.24, 2.45) is 5.92 Å². The summed E-state index contributed by atoms with van der Waals surface area (Å²) in [6, 6.07) is 20.8. The summed E-state index contributed by atoms with van der Waals surface area (Å²) in [6.07, 6.45) is 1.05. The van der Waals surface area contributed by atoms with E-state index in [0.717, 1.165) is 10.9 Å². The van der Waals surface area contributed by atoms with Crippen molar-refractivity contribution >= 4 is 26.7 Å². The first kappa shape index (κ1) is 22.3. The average Bonchev–Trinajstić information content (AvgIpc) is 2.83. The van der Waals surface area contributed by atoms with E-state index in [1.165, 1.54) is 9.69 Å². The van der Waals surface area contributed by atoms with Gasteiger partial charge in [0.1, 0.15) is 5.75 Å². The summed E-state index contributed by atoms with van der Waals surface area (Å²) >= 11 is 0. The number of ether oxygens (including phenoxy) is 1. The first-order valence-electron chi connectivity index (χ1n) is 10.8. The Labute approximate surface area is 189 Å². The summed E-state index contributed by atoms with van der Waals surface area (Å²) in [6.45, 7) is 1.22. The fourth-order valence-corrected chi connectivity index (χ4v) is 5.71. The molecule has 0 unspecified atom stereocenters. The van der Waals surface area contributed by atoms with E-state index in [1.807, 2.05) is 19.2 Å². The monoisotopic (exact) mass is 452 g/mol. The molecule has 0 aromatic heterocycles. The SMILES string of the molecule is COc1ccc(S(=O)(=O)N2CCC(C(=O)N(C)Cc3ccc4ccccc4c3)CC2)cc1. The van der Waals surface area contributed by atoms with Crippen molar-refractivity contribution in [1.82, 2.24) is 9.21 Å². The lowest BCUT2D eigenvalue weighted by Gasteiger charge is -2.32. The lowest BCUT2D eigenvalue weighted by atomic mass is 9.96. The van der Waals surface area contributed by atoms with Crippen molar-refractivity contribution in [2.45, 2.75) is 24.3 Å². The summed E-state index contributed by atoms with van der Waals surface area (Å²) in [5.41, 5.74) is 1.08. The molecular formula is C25H28N2O4S. The molecule has 6 nitrogen and oxygen atoms in total. The van der Waals surface area contributed by atoms with Gasteiger partial charge in [-0.05, 0) is 59.5 Å². The standard InChI is InChI=1S/C25H28N2O4S/c1-26(18-19-7-8-20-5-3-4-6-22(20)17-19)25(28)21-13-15-27(16-14-21)32(29,30)24-11-9-23(31-2)10-12-24/h3-12,17,21H,13-16,18H2,1-2H3.